The number of fused-ring (bicyclic) bond motifs is 3. The van der Waals surface area contributed by atoms with E-state index in [1.54, 1.807) is 10.9 Å². The van der Waals surface area contributed by atoms with Gasteiger partial charge in [0.2, 0.25) is 0 Å². The van der Waals surface area contributed by atoms with Gasteiger partial charge in [0, 0.05) is 30.2 Å². The number of hydrogen-bond acceptors (Lipinski definition) is 3. The lowest BCUT2D eigenvalue weighted by Gasteiger charge is -2.35. The normalized spacial score (nSPS) is 19.1. The highest BCUT2D eigenvalue weighted by Crippen LogP contribution is 2.26. The number of carbonyl (C=O) groups excluding carboxylic acids is 1. The maximum absolute atomic E-state index is 13.3. The zero-order valence-corrected chi connectivity index (χ0v) is 19.0. The van der Waals surface area contributed by atoms with Crippen LogP contribution < -0.4 is 5.56 Å². The van der Waals surface area contributed by atoms with E-state index in [0.717, 1.165) is 41.7 Å². The zero-order chi connectivity index (χ0) is 22.6. The van der Waals surface area contributed by atoms with Gasteiger partial charge in [0.15, 0.2) is 0 Å². The molecule has 4 aromatic rings. The Kier molecular flexibility index (Phi) is 4.88. The van der Waals surface area contributed by atoms with Gasteiger partial charge in [0.25, 0.3) is 11.5 Å². The molecule has 0 aliphatic carbocycles. The smallest absolute Gasteiger partial charge is 0.280 e. The second kappa shape index (κ2) is 7.62. The van der Waals surface area contributed by atoms with E-state index in [-0.39, 0.29) is 11.5 Å². The quantitative estimate of drug-likeness (QED) is 0.507. The fourth-order valence-electron chi connectivity index (χ4n) is 4.95. The van der Waals surface area contributed by atoms with Crippen molar-refractivity contribution >= 4 is 27.7 Å². The molecule has 2 aromatic heterocycles. The standard InChI is InChI=1S/C26H28N4O2/c1-15-9-16(2)14-29(13-15)25(31)19-6-8-23-21(11-19)24-22(12-27-23)26(32)30(28-24)20-7-5-17(3)18(4)10-20/h5-8,10-12,15-16,28H,9,13-14H2,1-4H3. The third kappa shape index (κ3) is 3.40. The average molecular weight is 429 g/mol. The number of aryl methyl sites for hydroxylation is 2. The van der Waals surface area contributed by atoms with E-state index in [9.17, 15) is 9.59 Å². The largest absolute Gasteiger partial charge is 0.338 e. The summed E-state index contributed by atoms with van der Waals surface area (Å²) in [4.78, 5) is 32.8. The monoisotopic (exact) mass is 428 g/mol. The number of rotatable bonds is 2. The molecule has 0 saturated carbocycles. The summed E-state index contributed by atoms with van der Waals surface area (Å²) in [6.07, 6.45) is 2.77. The summed E-state index contributed by atoms with van der Waals surface area (Å²) in [6, 6.07) is 11.5. The Morgan fingerprint density at radius 1 is 1.00 bits per heavy atom. The van der Waals surface area contributed by atoms with Gasteiger partial charge in [0.05, 0.1) is 22.1 Å². The summed E-state index contributed by atoms with van der Waals surface area (Å²) >= 11 is 0. The number of carbonyl (C=O) groups is 1. The Balaban J connectivity index is 1.62. The van der Waals surface area contributed by atoms with Crippen LogP contribution in [0.4, 0.5) is 0 Å². The predicted octanol–water partition coefficient (Wildman–Crippen LogP) is 4.60. The molecule has 32 heavy (non-hydrogen) atoms. The Bertz CT molecular complexity index is 1400. The SMILES string of the molecule is Cc1ccc(-n2[nH]c3c(cnc4ccc(C(=O)N5CC(C)CC(C)C5)cc43)c2=O)cc1C. The number of pyridine rings is 1. The Labute approximate surface area is 186 Å². The molecule has 2 atom stereocenters. The highest BCUT2D eigenvalue weighted by molar-refractivity contribution is 6.06. The molecule has 1 fully saturated rings. The lowest BCUT2D eigenvalue weighted by atomic mass is 9.91. The van der Waals surface area contributed by atoms with E-state index in [0.29, 0.717) is 28.3 Å². The van der Waals surface area contributed by atoms with Crippen molar-refractivity contribution in [2.24, 2.45) is 11.8 Å². The number of benzene rings is 2. The summed E-state index contributed by atoms with van der Waals surface area (Å²) in [5, 5.41) is 4.57. The van der Waals surface area contributed by atoms with E-state index in [1.165, 1.54) is 5.56 Å². The minimum atomic E-state index is -0.145. The van der Waals surface area contributed by atoms with Crippen LogP contribution in [0, 0.1) is 25.7 Å². The van der Waals surface area contributed by atoms with Crippen LogP contribution >= 0.6 is 0 Å². The molecule has 1 amide bonds. The van der Waals surface area contributed by atoms with Crippen molar-refractivity contribution in [3.8, 4) is 5.69 Å². The predicted molar refractivity (Wildman–Crippen MR) is 128 cm³/mol. The second-order valence-electron chi connectivity index (χ2n) is 9.46. The number of aromatic nitrogens is 3. The lowest BCUT2D eigenvalue weighted by Crippen LogP contribution is -2.42. The summed E-state index contributed by atoms with van der Waals surface area (Å²) < 4.78 is 1.56. The van der Waals surface area contributed by atoms with Crippen LogP contribution in [0.5, 0.6) is 0 Å². The first-order chi connectivity index (χ1) is 15.3. The number of nitrogens with one attached hydrogen (secondary N) is 1. The van der Waals surface area contributed by atoms with Crippen LogP contribution in [0.3, 0.4) is 0 Å². The van der Waals surface area contributed by atoms with Crippen molar-refractivity contribution in [2.75, 3.05) is 13.1 Å². The average Bonchev–Trinajstić information content (AvgIpc) is 3.11. The van der Waals surface area contributed by atoms with Crippen molar-refractivity contribution in [1.82, 2.24) is 19.7 Å². The van der Waals surface area contributed by atoms with Gasteiger partial charge >= 0.3 is 0 Å². The number of amides is 1. The number of likely N-dealkylation sites (tertiary alicyclic amines) is 1. The molecule has 1 aliphatic rings. The van der Waals surface area contributed by atoms with Crippen molar-refractivity contribution in [3.63, 3.8) is 0 Å². The van der Waals surface area contributed by atoms with E-state index in [4.69, 9.17) is 0 Å². The van der Waals surface area contributed by atoms with Gasteiger partial charge in [-0.25, -0.2) is 4.68 Å². The van der Waals surface area contributed by atoms with Gasteiger partial charge in [-0.2, -0.15) is 0 Å². The molecule has 2 unspecified atom stereocenters. The van der Waals surface area contributed by atoms with Crippen LogP contribution in [0.15, 0.2) is 47.4 Å². The molecule has 3 heterocycles. The van der Waals surface area contributed by atoms with Crippen LogP contribution in [-0.2, 0) is 0 Å². The van der Waals surface area contributed by atoms with Gasteiger partial charge in [-0.3, -0.25) is 19.7 Å². The summed E-state index contributed by atoms with van der Waals surface area (Å²) in [5.41, 5.74) is 5.02. The van der Waals surface area contributed by atoms with Gasteiger partial charge in [-0.05, 0) is 73.6 Å². The van der Waals surface area contributed by atoms with Crippen LogP contribution in [0.25, 0.3) is 27.5 Å². The highest BCUT2D eigenvalue weighted by Gasteiger charge is 2.26. The summed E-state index contributed by atoms with van der Waals surface area (Å²) in [6.45, 7) is 10.0. The second-order valence-corrected chi connectivity index (χ2v) is 9.46. The maximum atomic E-state index is 13.3. The zero-order valence-electron chi connectivity index (χ0n) is 19.0. The highest BCUT2D eigenvalue weighted by atomic mass is 16.2. The molecule has 0 radical (unpaired) electrons. The van der Waals surface area contributed by atoms with E-state index in [2.05, 4.69) is 23.9 Å². The summed E-state index contributed by atoms with van der Waals surface area (Å²) in [5.74, 6) is 1.04. The number of aromatic amines is 1. The molecular formula is C26H28N4O2. The number of nitrogens with zero attached hydrogens (tertiary/aromatic N) is 3. The molecule has 1 N–H and O–H groups in total. The number of H-pyrrole nitrogens is 1. The lowest BCUT2D eigenvalue weighted by molar-refractivity contribution is 0.0623. The van der Waals surface area contributed by atoms with Gasteiger partial charge < -0.3 is 4.90 Å². The van der Waals surface area contributed by atoms with Crippen molar-refractivity contribution < 1.29 is 4.79 Å². The third-order valence-electron chi connectivity index (χ3n) is 6.68. The molecule has 0 spiro atoms. The van der Waals surface area contributed by atoms with Crippen LogP contribution in [0.1, 0.15) is 41.8 Å². The van der Waals surface area contributed by atoms with Crippen molar-refractivity contribution in [2.45, 2.75) is 34.1 Å². The fraction of sp³-hybridized carbons (Fsp3) is 0.346. The minimum Gasteiger partial charge on any atom is -0.338 e. The molecule has 1 aliphatic heterocycles. The third-order valence-corrected chi connectivity index (χ3v) is 6.68. The molecule has 164 valence electrons. The first-order valence-electron chi connectivity index (χ1n) is 11.2. The number of piperidine rings is 1. The van der Waals surface area contributed by atoms with Crippen LogP contribution in [-0.4, -0.2) is 38.7 Å². The first kappa shape index (κ1) is 20.5. The molecule has 1 saturated heterocycles. The van der Waals surface area contributed by atoms with Crippen LogP contribution in [0.2, 0.25) is 0 Å². The molecule has 0 bridgehead atoms. The minimum absolute atomic E-state index is 0.0400. The Morgan fingerprint density at radius 3 is 2.47 bits per heavy atom. The van der Waals surface area contributed by atoms with Gasteiger partial charge in [0.1, 0.15) is 0 Å². The van der Waals surface area contributed by atoms with E-state index in [1.807, 2.05) is 55.1 Å². The molecule has 6 heteroatoms. The Morgan fingerprint density at radius 2 is 1.75 bits per heavy atom. The van der Waals surface area contributed by atoms with E-state index < -0.39 is 0 Å². The van der Waals surface area contributed by atoms with Gasteiger partial charge in [-0.1, -0.05) is 19.9 Å². The maximum Gasteiger partial charge on any atom is 0.280 e. The topological polar surface area (TPSA) is 71.0 Å². The fourth-order valence-corrected chi connectivity index (χ4v) is 4.95. The summed E-state index contributed by atoms with van der Waals surface area (Å²) in [7, 11) is 0. The van der Waals surface area contributed by atoms with Crippen molar-refractivity contribution in [1.29, 1.82) is 0 Å². The number of hydrogen-bond donors (Lipinski definition) is 1. The molecule has 2 aromatic carbocycles. The van der Waals surface area contributed by atoms with Crippen molar-refractivity contribution in [3.05, 3.63) is 69.6 Å². The molecular weight excluding hydrogens is 400 g/mol. The van der Waals surface area contributed by atoms with Gasteiger partial charge in [-0.15, -0.1) is 0 Å². The molecule has 5 rings (SSSR count). The molecule has 6 nitrogen and oxygen atoms in total. The first-order valence-corrected chi connectivity index (χ1v) is 11.2. The Hall–Kier alpha value is -3.41. The van der Waals surface area contributed by atoms with E-state index >= 15 is 0 Å².